The van der Waals surface area contributed by atoms with Crippen LogP contribution in [0.3, 0.4) is 0 Å². The van der Waals surface area contributed by atoms with Gasteiger partial charge in [0.15, 0.2) is 0 Å². The Morgan fingerprint density at radius 2 is 1.34 bits per heavy atom. The van der Waals surface area contributed by atoms with Crippen molar-refractivity contribution in [2.24, 2.45) is 5.92 Å². The number of benzene rings is 2. The van der Waals surface area contributed by atoms with Crippen LogP contribution in [0.2, 0.25) is 0 Å². The molecule has 0 radical (unpaired) electrons. The molecule has 174 valence electrons. The maximum absolute atomic E-state index is 12.4. The van der Waals surface area contributed by atoms with Crippen LogP contribution in [0.15, 0.2) is 48.5 Å². The SMILES string of the molecule is CCCCCCCCOc1ccc(C(=O)Oc2ccc(OCC3CCCCC3)cc2)cc1. The van der Waals surface area contributed by atoms with Crippen molar-refractivity contribution in [3.8, 4) is 17.2 Å². The number of carbonyl (C=O) groups is 1. The van der Waals surface area contributed by atoms with Gasteiger partial charge < -0.3 is 14.2 Å². The van der Waals surface area contributed by atoms with Gasteiger partial charge in [0.1, 0.15) is 17.2 Å². The Balaban J connectivity index is 1.37. The monoisotopic (exact) mass is 438 g/mol. The summed E-state index contributed by atoms with van der Waals surface area (Å²) in [6.07, 6.45) is 13.9. The van der Waals surface area contributed by atoms with Crippen LogP contribution in [-0.4, -0.2) is 19.2 Å². The molecule has 0 spiro atoms. The van der Waals surface area contributed by atoms with Gasteiger partial charge in [0, 0.05) is 0 Å². The highest BCUT2D eigenvalue weighted by molar-refractivity contribution is 5.91. The van der Waals surface area contributed by atoms with E-state index in [0.717, 1.165) is 24.5 Å². The standard InChI is InChI=1S/C28H38O4/c1-2-3-4-5-6-10-21-30-25-15-13-24(14-16-25)28(29)32-27-19-17-26(18-20-27)31-22-23-11-8-7-9-12-23/h13-20,23H,2-12,21-22H2,1H3. The molecule has 0 bridgehead atoms. The zero-order valence-electron chi connectivity index (χ0n) is 19.5. The summed E-state index contributed by atoms with van der Waals surface area (Å²) in [4.78, 5) is 12.4. The topological polar surface area (TPSA) is 44.8 Å². The Morgan fingerprint density at radius 3 is 2.06 bits per heavy atom. The van der Waals surface area contributed by atoms with Crippen molar-refractivity contribution in [1.82, 2.24) is 0 Å². The molecule has 0 aromatic heterocycles. The predicted octanol–water partition coefficient (Wildman–Crippen LogP) is 7.60. The highest BCUT2D eigenvalue weighted by atomic mass is 16.5. The molecular formula is C28H38O4. The minimum Gasteiger partial charge on any atom is -0.494 e. The first-order valence-electron chi connectivity index (χ1n) is 12.4. The molecule has 1 aliphatic rings. The number of ether oxygens (including phenoxy) is 3. The molecule has 1 saturated carbocycles. The summed E-state index contributed by atoms with van der Waals surface area (Å²) >= 11 is 0. The average Bonchev–Trinajstić information content (AvgIpc) is 2.84. The summed E-state index contributed by atoms with van der Waals surface area (Å²) in [5.41, 5.74) is 0.509. The van der Waals surface area contributed by atoms with Gasteiger partial charge in [0.25, 0.3) is 0 Å². The van der Waals surface area contributed by atoms with E-state index in [1.165, 1.54) is 64.2 Å². The summed E-state index contributed by atoms with van der Waals surface area (Å²) < 4.78 is 17.2. The third-order valence-corrected chi connectivity index (χ3v) is 6.10. The van der Waals surface area contributed by atoms with Crippen molar-refractivity contribution in [1.29, 1.82) is 0 Å². The molecule has 0 aliphatic heterocycles. The fourth-order valence-corrected chi connectivity index (χ4v) is 4.10. The number of hydrogen-bond acceptors (Lipinski definition) is 4. The first kappa shape index (κ1) is 24.2. The lowest BCUT2D eigenvalue weighted by Crippen LogP contribution is -2.15. The average molecular weight is 439 g/mol. The number of rotatable bonds is 13. The maximum Gasteiger partial charge on any atom is 0.343 e. The minimum atomic E-state index is -0.372. The zero-order valence-corrected chi connectivity index (χ0v) is 19.5. The first-order chi connectivity index (χ1) is 15.7. The molecule has 4 nitrogen and oxygen atoms in total. The highest BCUT2D eigenvalue weighted by Gasteiger charge is 2.14. The van der Waals surface area contributed by atoms with Gasteiger partial charge in [0.2, 0.25) is 0 Å². The van der Waals surface area contributed by atoms with Crippen LogP contribution >= 0.6 is 0 Å². The van der Waals surface area contributed by atoms with Crippen LogP contribution in [0.5, 0.6) is 17.2 Å². The van der Waals surface area contributed by atoms with Crippen molar-refractivity contribution >= 4 is 5.97 Å². The molecule has 1 fully saturated rings. The highest BCUT2D eigenvalue weighted by Crippen LogP contribution is 2.25. The summed E-state index contributed by atoms with van der Waals surface area (Å²) in [6.45, 7) is 3.71. The van der Waals surface area contributed by atoms with Crippen molar-refractivity contribution in [2.45, 2.75) is 77.6 Å². The Morgan fingerprint density at radius 1 is 0.750 bits per heavy atom. The fourth-order valence-electron chi connectivity index (χ4n) is 4.10. The third-order valence-electron chi connectivity index (χ3n) is 6.10. The van der Waals surface area contributed by atoms with E-state index in [9.17, 15) is 4.79 Å². The van der Waals surface area contributed by atoms with Gasteiger partial charge in [-0.05, 0) is 73.7 Å². The second-order valence-corrected chi connectivity index (χ2v) is 8.82. The van der Waals surface area contributed by atoms with E-state index in [4.69, 9.17) is 14.2 Å². The van der Waals surface area contributed by atoms with Crippen LogP contribution in [0.4, 0.5) is 0 Å². The van der Waals surface area contributed by atoms with Gasteiger partial charge in [-0.1, -0.05) is 58.3 Å². The Hall–Kier alpha value is -2.49. The lowest BCUT2D eigenvalue weighted by atomic mass is 9.90. The smallest absolute Gasteiger partial charge is 0.343 e. The van der Waals surface area contributed by atoms with E-state index >= 15 is 0 Å². The summed E-state index contributed by atoms with van der Waals surface area (Å²) in [5, 5.41) is 0. The predicted molar refractivity (Wildman–Crippen MR) is 129 cm³/mol. The molecule has 0 saturated heterocycles. The lowest BCUT2D eigenvalue weighted by Gasteiger charge is -2.21. The third kappa shape index (κ3) is 8.57. The van der Waals surface area contributed by atoms with Gasteiger partial charge >= 0.3 is 5.97 Å². The van der Waals surface area contributed by atoms with E-state index in [2.05, 4.69) is 6.92 Å². The second kappa shape index (κ2) is 13.8. The normalized spacial score (nSPS) is 14.2. The largest absolute Gasteiger partial charge is 0.494 e. The van der Waals surface area contributed by atoms with Crippen LogP contribution < -0.4 is 14.2 Å². The van der Waals surface area contributed by atoms with Gasteiger partial charge in [0.05, 0.1) is 18.8 Å². The molecule has 0 N–H and O–H groups in total. The molecule has 0 atom stereocenters. The molecule has 0 unspecified atom stereocenters. The molecule has 32 heavy (non-hydrogen) atoms. The molecular weight excluding hydrogens is 400 g/mol. The summed E-state index contributed by atoms with van der Waals surface area (Å²) in [5.74, 6) is 2.42. The number of hydrogen-bond donors (Lipinski definition) is 0. The summed E-state index contributed by atoms with van der Waals surface area (Å²) in [7, 11) is 0. The molecule has 3 rings (SSSR count). The molecule has 0 heterocycles. The van der Waals surface area contributed by atoms with Gasteiger partial charge in [-0.25, -0.2) is 4.79 Å². The number of unbranched alkanes of at least 4 members (excludes halogenated alkanes) is 5. The molecule has 4 heteroatoms. The molecule has 2 aromatic carbocycles. The van der Waals surface area contributed by atoms with E-state index < -0.39 is 0 Å². The lowest BCUT2D eigenvalue weighted by molar-refractivity contribution is 0.0734. The van der Waals surface area contributed by atoms with E-state index in [1.54, 1.807) is 24.3 Å². The quantitative estimate of drug-likeness (QED) is 0.183. The van der Waals surface area contributed by atoms with Crippen LogP contribution in [-0.2, 0) is 0 Å². The zero-order chi connectivity index (χ0) is 22.4. The van der Waals surface area contributed by atoms with Gasteiger partial charge in [-0.2, -0.15) is 0 Å². The van der Waals surface area contributed by atoms with Crippen molar-refractivity contribution in [3.05, 3.63) is 54.1 Å². The van der Waals surface area contributed by atoms with Crippen molar-refractivity contribution < 1.29 is 19.0 Å². The van der Waals surface area contributed by atoms with E-state index in [-0.39, 0.29) is 5.97 Å². The van der Waals surface area contributed by atoms with Gasteiger partial charge in [-0.15, -0.1) is 0 Å². The fraction of sp³-hybridized carbons (Fsp3) is 0.536. The van der Waals surface area contributed by atoms with Crippen LogP contribution in [0.1, 0.15) is 87.9 Å². The van der Waals surface area contributed by atoms with Crippen molar-refractivity contribution in [3.63, 3.8) is 0 Å². The Kier molecular flexibility index (Phi) is 10.4. The molecule has 2 aromatic rings. The van der Waals surface area contributed by atoms with Crippen molar-refractivity contribution in [2.75, 3.05) is 13.2 Å². The van der Waals surface area contributed by atoms with E-state index in [1.807, 2.05) is 24.3 Å². The molecule has 1 aliphatic carbocycles. The number of carbonyl (C=O) groups excluding carboxylic acids is 1. The van der Waals surface area contributed by atoms with Crippen LogP contribution in [0, 0.1) is 5.92 Å². The number of esters is 1. The van der Waals surface area contributed by atoms with Crippen LogP contribution in [0.25, 0.3) is 0 Å². The Labute approximate surface area is 193 Å². The van der Waals surface area contributed by atoms with E-state index in [0.29, 0.717) is 23.8 Å². The second-order valence-electron chi connectivity index (χ2n) is 8.82. The summed E-state index contributed by atoms with van der Waals surface area (Å²) in [6, 6.07) is 14.5. The Bertz CT molecular complexity index is 776. The maximum atomic E-state index is 12.4. The molecule has 0 amide bonds. The van der Waals surface area contributed by atoms with Gasteiger partial charge in [-0.3, -0.25) is 0 Å². The first-order valence-corrected chi connectivity index (χ1v) is 12.4. The minimum absolute atomic E-state index is 0.372.